The molecule has 1 saturated carbocycles. The normalized spacial score (nSPS) is 14.6. The van der Waals surface area contributed by atoms with Crippen LogP contribution in [-0.2, 0) is 13.1 Å². The number of hydrogen-bond acceptors (Lipinski definition) is 4. The fourth-order valence-electron chi connectivity index (χ4n) is 3.98. The van der Waals surface area contributed by atoms with Crippen molar-refractivity contribution in [2.45, 2.75) is 51.2 Å². The number of thiophene rings is 1. The number of nitrogens with one attached hydrogen (secondary N) is 2. The lowest BCUT2D eigenvalue weighted by molar-refractivity contribution is 0.364. The Morgan fingerprint density at radius 3 is 2.80 bits per heavy atom. The summed E-state index contributed by atoms with van der Waals surface area (Å²) in [5, 5.41) is 7.33. The molecule has 1 fully saturated rings. The Kier molecular flexibility index (Phi) is 6.69. The van der Waals surface area contributed by atoms with Crippen molar-refractivity contribution in [2.75, 3.05) is 7.11 Å². The third-order valence-electron chi connectivity index (χ3n) is 5.64. The first-order valence-electron chi connectivity index (χ1n) is 10.4. The highest BCUT2D eigenvalue weighted by Gasteiger charge is 2.19. The van der Waals surface area contributed by atoms with E-state index in [-0.39, 0.29) is 5.56 Å². The molecule has 0 saturated heterocycles. The molecule has 2 aromatic heterocycles. The molecule has 1 aromatic carbocycles. The minimum atomic E-state index is -0.0904. The van der Waals surface area contributed by atoms with E-state index < -0.39 is 0 Å². The van der Waals surface area contributed by atoms with Crippen molar-refractivity contribution in [1.29, 1.82) is 0 Å². The quantitative estimate of drug-likeness (QED) is 0.538. The second kappa shape index (κ2) is 9.62. The SMILES string of the molecule is COc1ccc2cc(CN(Cc3cccs3)C(=S)NC3CCCCC3)c(=O)[nH]c2c1. The van der Waals surface area contributed by atoms with Crippen molar-refractivity contribution in [3.63, 3.8) is 0 Å². The first kappa shape index (κ1) is 20.9. The van der Waals surface area contributed by atoms with Gasteiger partial charge in [0.15, 0.2) is 5.11 Å². The molecule has 158 valence electrons. The molecule has 0 amide bonds. The van der Waals surface area contributed by atoms with E-state index in [2.05, 4.69) is 26.6 Å². The zero-order chi connectivity index (χ0) is 20.9. The van der Waals surface area contributed by atoms with Gasteiger partial charge >= 0.3 is 0 Å². The summed E-state index contributed by atoms with van der Waals surface area (Å²) in [7, 11) is 1.62. The predicted octanol–water partition coefficient (Wildman–Crippen LogP) is 4.81. The van der Waals surface area contributed by atoms with Gasteiger partial charge in [0.1, 0.15) is 5.75 Å². The highest BCUT2D eigenvalue weighted by molar-refractivity contribution is 7.80. The number of hydrogen-bond donors (Lipinski definition) is 2. The van der Waals surface area contributed by atoms with Gasteiger partial charge in [-0.2, -0.15) is 0 Å². The summed E-state index contributed by atoms with van der Waals surface area (Å²) in [5.74, 6) is 0.725. The van der Waals surface area contributed by atoms with Crippen molar-refractivity contribution in [2.24, 2.45) is 0 Å². The number of fused-ring (bicyclic) bond motifs is 1. The van der Waals surface area contributed by atoms with Crippen LogP contribution in [-0.4, -0.2) is 28.1 Å². The first-order chi connectivity index (χ1) is 14.6. The van der Waals surface area contributed by atoms with Crippen molar-refractivity contribution < 1.29 is 4.74 Å². The van der Waals surface area contributed by atoms with Crippen LogP contribution in [0.3, 0.4) is 0 Å². The average Bonchev–Trinajstić information content (AvgIpc) is 3.27. The van der Waals surface area contributed by atoms with Crippen LogP contribution in [0.5, 0.6) is 5.75 Å². The molecule has 0 atom stereocenters. The minimum absolute atomic E-state index is 0.0904. The van der Waals surface area contributed by atoms with Crippen molar-refractivity contribution in [3.8, 4) is 5.75 Å². The van der Waals surface area contributed by atoms with E-state index in [4.69, 9.17) is 17.0 Å². The molecule has 0 unspecified atom stereocenters. The molecule has 0 bridgehead atoms. The molecule has 2 heterocycles. The smallest absolute Gasteiger partial charge is 0.253 e. The molecule has 1 aliphatic rings. The molecule has 0 spiro atoms. The molecule has 4 rings (SSSR count). The zero-order valence-corrected chi connectivity index (χ0v) is 18.8. The minimum Gasteiger partial charge on any atom is -0.497 e. The largest absolute Gasteiger partial charge is 0.497 e. The maximum atomic E-state index is 12.8. The fraction of sp³-hybridized carbons (Fsp3) is 0.391. The van der Waals surface area contributed by atoms with Gasteiger partial charge in [-0.15, -0.1) is 11.3 Å². The number of thiocarbonyl (C=S) groups is 1. The number of pyridine rings is 1. The van der Waals surface area contributed by atoms with Gasteiger partial charge in [-0.3, -0.25) is 4.79 Å². The van der Waals surface area contributed by atoms with Crippen LogP contribution in [0.4, 0.5) is 0 Å². The highest BCUT2D eigenvalue weighted by Crippen LogP contribution is 2.21. The maximum absolute atomic E-state index is 12.8. The van der Waals surface area contributed by atoms with Crippen LogP contribution in [0, 0.1) is 0 Å². The van der Waals surface area contributed by atoms with Crippen LogP contribution in [0.25, 0.3) is 10.9 Å². The van der Waals surface area contributed by atoms with Gasteiger partial charge in [0.25, 0.3) is 5.56 Å². The summed E-state index contributed by atoms with van der Waals surface area (Å²) in [6, 6.07) is 12.3. The lowest BCUT2D eigenvalue weighted by Gasteiger charge is -2.30. The Bertz CT molecular complexity index is 1060. The second-order valence-corrected chi connectivity index (χ2v) is 9.22. The number of rotatable bonds is 6. The molecular formula is C23H27N3O2S2. The van der Waals surface area contributed by atoms with Gasteiger partial charge in [0.2, 0.25) is 0 Å². The topological polar surface area (TPSA) is 57.4 Å². The molecular weight excluding hydrogens is 414 g/mol. The fourth-order valence-corrected chi connectivity index (χ4v) is 4.99. The third-order valence-corrected chi connectivity index (χ3v) is 6.88. The summed E-state index contributed by atoms with van der Waals surface area (Å²) < 4.78 is 5.26. The summed E-state index contributed by atoms with van der Waals surface area (Å²) in [6.07, 6.45) is 6.12. The van der Waals surface area contributed by atoms with E-state index in [9.17, 15) is 4.79 Å². The van der Waals surface area contributed by atoms with Crippen molar-refractivity contribution in [1.82, 2.24) is 15.2 Å². The molecule has 0 aliphatic heterocycles. The third kappa shape index (κ3) is 5.02. The van der Waals surface area contributed by atoms with Gasteiger partial charge in [-0.05, 0) is 60.1 Å². The number of benzene rings is 1. The number of H-pyrrole nitrogens is 1. The van der Waals surface area contributed by atoms with Crippen LogP contribution in [0.1, 0.15) is 42.5 Å². The Morgan fingerprint density at radius 2 is 2.07 bits per heavy atom. The van der Waals surface area contributed by atoms with Crippen LogP contribution < -0.4 is 15.6 Å². The molecule has 5 nitrogen and oxygen atoms in total. The van der Waals surface area contributed by atoms with Gasteiger partial charge < -0.3 is 19.9 Å². The number of nitrogens with zero attached hydrogens (tertiary/aromatic N) is 1. The van der Waals surface area contributed by atoms with Crippen molar-refractivity contribution in [3.05, 3.63) is 62.6 Å². The second-order valence-electron chi connectivity index (χ2n) is 7.80. The Morgan fingerprint density at radius 1 is 1.23 bits per heavy atom. The summed E-state index contributed by atoms with van der Waals surface area (Å²) in [5.41, 5.74) is 1.39. The highest BCUT2D eigenvalue weighted by atomic mass is 32.1. The average molecular weight is 442 g/mol. The number of aromatic nitrogens is 1. The molecule has 2 N–H and O–H groups in total. The predicted molar refractivity (Wildman–Crippen MR) is 127 cm³/mol. The van der Waals surface area contributed by atoms with E-state index >= 15 is 0 Å². The monoisotopic (exact) mass is 441 g/mol. The molecule has 1 aliphatic carbocycles. The summed E-state index contributed by atoms with van der Waals surface area (Å²) in [4.78, 5) is 19.1. The van der Waals surface area contributed by atoms with Crippen LogP contribution in [0.2, 0.25) is 0 Å². The van der Waals surface area contributed by atoms with E-state index in [1.54, 1.807) is 18.4 Å². The van der Waals surface area contributed by atoms with Gasteiger partial charge in [0, 0.05) is 22.5 Å². The first-order valence-corrected chi connectivity index (χ1v) is 11.7. The molecule has 0 radical (unpaired) electrons. The lowest BCUT2D eigenvalue weighted by atomic mass is 9.96. The molecule has 7 heteroatoms. The number of aromatic amines is 1. The molecule has 30 heavy (non-hydrogen) atoms. The van der Waals surface area contributed by atoms with E-state index in [0.717, 1.165) is 34.6 Å². The van der Waals surface area contributed by atoms with Crippen LogP contribution >= 0.6 is 23.6 Å². The maximum Gasteiger partial charge on any atom is 0.253 e. The Labute approximate surface area is 186 Å². The lowest BCUT2D eigenvalue weighted by Crippen LogP contribution is -2.45. The molecule has 3 aromatic rings. The van der Waals surface area contributed by atoms with Crippen molar-refractivity contribution >= 4 is 39.6 Å². The van der Waals surface area contributed by atoms with E-state index in [1.165, 1.54) is 24.1 Å². The van der Waals surface area contributed by atoms with Gasteiger partial charge in [0.05, 0.1) is 25.7 Å². The van der Waals surface area contributed by atoms with Gasteiger partial charge in [-0.1, -0.05) is 25.3 Å². The summed E-state index contributed by atoms with van der Waals surface area (Å²) >= 11 is 7.50. The van der Waals surface area contributed by atoms with E-state index in [1.807, 2.05) is 30.3 Å². The van der Waals surface area contributed by atoms with Gasteiger partial charge in [-0.25, -0.2) is 0 Å². The number of methoxy groups -OCH3 is 1. The number of ether oxygens (including phenoxy) is 1. The summed E-state index contributed by atoms with van der Waals surface area (Å²) in [6.45, 7) is 1.16. The standard InChI is InChI=1S/C23H27N3O2S2/c1-28-19-10-9-16-12-17(22(27)25-21(16)13-19)14-26(15-20-8-5-11-30-20)23(29)24-18-6-3-2-4-7-18/h5,8-13,18H,2-4,6-7,14-15H2,1H3,(H,24,29)(H,25,27). The van der Waals surface area contributed by atoms with Crippen LogP contribution in [0.15, 0.2) is 46.6 Å². The van der Waals surface area contributed by atoms with E-state index in [0.29, 0.717) is 24.7 Å². The Balaban J connectivity index is 1.58. The zero-order valence-electron chi connectivity index (χ0n) is 17.1. The Hall–Kier alpha value is -2.38.